The number of hydrogen-bond donors (Lipinski definition) is 1. The van der Waals surface area contributed by atoms with Crippen molar-refractivity contribution in [2.75, 3.05) is 51.5 Å². The van der Waals surface area contributed by atoms with E-state index >= 15 is 0 Å². The minimum Gasteiger partial charge on any atom is -0.379 e. The lowest BCUT2D eigenvalue weighted by Crippen LogP contribution is -2.24. The zero-order valence-corrected chi connectivity index (χ0v) is 11.8. The normalized spacial score (nSPS) is 11.2. The van der Waals surface area contributed by atoms with Gasteiger partial charge >= 0.3 is 0 Å². The number of rotatable bonds is 12. The van der Waals surface area contributed by atoms with Crippen molar-refractivity contribution in [3.63, 3.8) is 0 Å². The van der Waals surface area contributed by atoms with Crippen molar-refractivity contribution in [1.82, 2.24) is 5.32 Å². The van der Waals surface area contributed by atoms with Crippen LogP contribution < -0.4 is 5.32 Å². The predicted molar refractivity (Wildman–Crippen MR) is 72.3 cm³/mol. The molecule has 0 heterocycles. The Kier molecular flexibility index (Phi) is 13.5. The van der Waals surface area contributed by atoms with E-state index < -0.39 is 0 Å². The molecule has 1 N–H and O–H groups in total. The van der Waals surface area contributed by atoms with E-state index in [1.807, 2.05) is 11.8 Å². The van der Waals surface area contributed by atoms with Crippen molar-refractivity contribution < 1.29 is 9.47 Å². The number of nitrogens with one attached hydrogen (secondary N) is 1. The predicted octanol–water partition coefficient (Wildman–Crippen LogP) is 2.02. The Morgan fingerprint density at radius 2 is 1.75 bits per heavy atom. The lowest BCUT2D eigenvalue weighted by Gasteiger charge is -2.08. The number of thioether (sulfide) groups is 1. The molecule has 0 radical (unpaired) electrons. The lowest BCUT2D eigenvalue weighted by atomic mass is 10.2. The number of hydrogen-bond acceptors (Lipinski definition) is 4. The van der Waals surface area contributed by atoms with E-state index in [1.54, 1.807) is 0 Å². The molecule has 0 bridgehead atoms. The van der Waals surface area contributed by atoms with Gasteiger partial charge in [0, 0.05) is 13.2 Å². The van der Waals surface area contributed by atoms with E-state index in [4.69, 9.17) is 9.47 Å². The molecule has 3 nitrogen and oxygen atoms in total. The monoisotopic (exact) mass is 249 g/mol. The molecule has 0 aliphatic rings. The van der Waals surface area contributed by atoms with Gasteiger partial charge in [-0.05, 0) is 30.9 Å². The summed E-state index contributed by atoms with van der Waals surface area (Å²) in [6.45, 7) is 9.48. The average molecular weight is 249 g/mol. The number of ether oxygens (including phenoxy) is 2. The molecule has 0 aliphatic carbocycles. The second kappa shape index (κ2) is 13.3. The topological polar surface area (TPSA) is 30.5 Å². The third kappa shape index (κ3) is 14.2. The molecule has 0 rings (SSSR count). The SMILES string of the molecule is CSCCCOCCOCCNCC(C)C. The van der Waals surface area contributed by atoms with E-state index in [-0.39, 0.29) is 0 Å². The smallest absolute Gasteiger partial charge is 0.0701 e. The van der Waals surface area contributed by atoms with Crippen molar-refractivity contribution in [3.8, 4) is 0 Å². The van der Waals surface area contributed by atoms with Crippen LogP contribution in [0.25, 0.3) is 0 Å². The Bertz CT molecular complexity index is 134. The van der Waals surface area contributed by atoms with Crippen LogP contribution in [0, 0.1) is 5.92 Å². The molecule has 0 saturated carbocycles. The fourth-order valence-corrected chi connectivity index (χ4v) is 1.57. The molecule has 0 atom stereocenters. The van der Waals surface area contributed by atoms with Crippen molar-refractivity contribution in [2.24, 2.45) is 5.92 Å². The van der Waals surface area contributed by atoms with Crippen molar-refractivity contribution in [1.29, 1.82) is 0 Å². The molecule has 0 aliphatic heterocycles. The standard InChI is InChI=1S/C12H27NO2S/c1-12(2)11-13-5-7-15-9-8-14-6-4-10-16-3/h12-13H,4-11H2,1-3H3. The third-order valence-corrected chi connectivity index (χ3v) is 2.68. The van der Waals surface area contributed by atoms with Gasteiger partial charge in [0.25, 0.3) is 0 Å². The van der Waals surface area contributed by atoms with Gasteiger partial charge in [-0.15, -0.1) is 0 Å². The maximum atomic E-state index is 5.43. The molecule has 4 heteroatoms. The Hall–Kier alpha value is 0.230. The Morgan fingerprint density at radius 1 is 1.06 bits per heavy atom. The largest absolute Gasteiger partial charge is 0.379 e. The summed E-state index contributed by atoms with van der Waals surface area (Å²) in [6.07, 6.45) is 3.25. The molecular formula is C12H27NO2S. The van der Waals surface area contributed by atoms with Gasteiger partial charge in [-0.2, -0.15) is 11.8 Å². The Labute approximate surface area is 105 Å². The minimum atomic E-state index is 0.708. The summed E-state index contributed by atoms with van der Waals surface area (Å²) in [5, 5.41) is 3.34. The molecular weight excluding hydrogens is 222 g/mol. The van der Waals surface area contributed by atoms with Crippen LogP contribution in [0.2, 0.25) is 0 Å². The summed E-state index contributed by atoms with van der Waals surface area (Å²) in [5.41, 5.74) is 0. The molecule has 0 saturated heterocycles. The molecule has 16 heavy (non-hydrogen) atoms. The van der Waals surface area contributed by atoms with Crippen LogP contribution >= 0.6 is 11.8 Å². The van der Waals surface area contributed by atoms with Crippen molar-refractivity contribution >= 4 is 11.8 Å². The van der Waals surface area contributed by atoms with Crippen molar-refractivity contribution in [3.05, 3.63) is 0 Å². The van der Waals surface area contributed by atoms with Gasteiger partial charge in [0.15, 0.2) is 0 Å². The highest BCUT2D eigenvalue weighted by Gasteiger charge is 1.93. The van der Waals surface area contributed by atoms with Crippen LogP contribution in [0.5, 0.6) is 0 Å². The average Bonchev–Trinajstić information content (AvgIpc) is 2.25. The summed E-state index contributed by atoms with van der Waals surface area (Å²) in [6, 6.07) is 0. The molecule has 0 aromatic carbocycles. The fraction of sp³-hybridized carbons (Fsp3) is 1.00. The third-order valence-electron chi connectivity index (χ3n) is 1.98. The second-order valence-electron chi connectivity index (χ2n) is 4.17. The second-order valence-corrected chi connectivity index (χ2v) is 5.15. The first-order chi connectivity index (χ1) is 7.77. The van der Waals surface area contributed by atoms with Gasteiger partial charge in [0.05, 0.1) is 19.8 Å². The zero-order valence-electron chi connectivity index (χ0n) is 11.0. The highest BCUT2D eigenvalue weighted by molar-refractivity contribution is 7.98. The summed E-state index contributed by atoms with van der Waals surface area (Å²) in [4.78, 5) is 0. The molecule has 0 aromatic heterocycles. The lowest BCUT2D eigenvalue weighted by molar-refractivity contribution is 0.0492. The molecule has 0 amide bonds. The quantitative estimate of drug-likeness (QED) is 0.536. The molecule has 0 spiro atoms. The summed E-state index contributed by atoms with van der Waals surface area (Å²) >= 11 is 1.86. The maximum Gasteiger partial charge on any atom is 0.0701 e. The van der Waals surface area contributed by atoms with E-state index in [2.05, 4.69) is 25.4 Å². The summed E-state index contributed by atoms with van der Waals surface area (Å²) in [7, 11) is 0. The van der Waals surface area contributed by atoms with Gasteiger partial charge in [-0.1, -0.05) is 13.8 Å². The molecule has 0 fully saturated rings. The van der Waals surface area contributed by atoms with E-state index in [1.165, 1.54) is 5.75 Å². The molecule has 0 unspecified atom stereocenters. The van der Waals surface area contributed by atoms with Crippen LogP contribution in [0.3, 0.4) is 0 Å². The van der Waals surface area contributed by atoms with E-state index in [9.17, 15) is 0 Å². The van der Waals surface area contributed by atoms with E-state index in [0.717, 1.165) is 39.3 Å². The summed E-state index contributed by atoms with van der Waals surface area (Å²) in [5.74, 6) is 1.89. The van der Waals surface area contributed by atoms with Gasteiger partial charge in [-0.3, -0.25) is 0 Å². The van der Waals surface area contributed by atoms with Gasteiger partial charge in [0.2, 0.25) is 0 Å². The zero-order chi connectivity index (χ0) is 12.1. The first-order valence-electron chi connectivity index (χ1n) is 6.12. The van der Waals surface area contributed by atoms with Gasteiger partial charge in [-0.25, -0.2) is 0 Å². The van der Waals surface area contributed by atoms with Crippen molar-refractivity contribution in [2.45, 2.75) is 20.3 Å². The highest BCUT2D eigenvalue weighted by Crippen LogP contribution is 1.95. The Balaban J connectivity index is 2.88. The van der Waals surface area contributed by atoms with Crippen LogP contribution in [-0.2, 0) is 9.47 Å². The summed E-state index contributed by atoms with van der Waals surface area (Å²) < 4.78 is 10.9. The minimum absolute atomic E-state index is 0.708. The first kappa shape index (κ1) is 16.2. The Morgan fingerprint density at radius 3 is 2.38 bits per heavy atom. The molecule has 0 aromatic rings. The van der Waals surface area contributed by atoms with E-state index in [0.29, 0.717) is 12.5 Å². The van der Waals surface area contributed by atoms with Crippen LogP contribution in [0.15, 0.2) is 0 Å². The highest BCUT2D eigenvalue weighted by atomic mass is 32.2. The van der Waals surface area contributed by atoms with Crippen LogP contribution in [0.1, 0.15) is 20.3 Å². The maximum absolute atomic E-state index is 5.43. The molecule has 98 valence electrons. The fourth-order valence-electron chi connectivity index (χ4n) is 1.16. The first-order valence-corrected chi connectivity index (χ1v) is 7.52. The van der Waals surface area contributed by atoms with Crippen LogP contribution in [-0.4, -0.2) is 51.5 Å². The van der Waals surface area contributed by atoms with Crippen LogP contribution in [0.4, 0.5) is 0 Å². The van der Waals surface area contributed by atoms with Gasteiger partial charge < -0.3 is 14.8 Å². The van der Waals surface area contributed by atoms with Gasteiger partial charge in [0.1, 0.15) is 0 Å².